The zero-order chi connectivity index (χ0) is 18.9. The minimum Gasteiger partial charge on any atom is -0.342 e. The van der Waals surface area contributed by atoms with E-state index in [1.54, 1.807) is 12.1 Å². The number of hydrogen-bond donors (Lipinski definition) is 1. The number of likely N-dealkylation sites (tertiary alicyclic amines) is 1. The summed E-state index contributed by atoms with van der Waals surface area (Å²) in [5, 5.41) is 2.95. The van der Waals surface area contributed by atoms with Crippen LogP contribution in [-0.4, -0.2) is 29.8 Å². The fraction of sp³-hybridized carbons (Fsp3) is 0.364. The Hall–Kier alpha value is -2.69. The van der Waals surface area contributed by atoms with Gasteiger partial charge in [0.05, 0.1) is 5.41 Å². The molecule has 0 bridgehead atoms. The number of anilines is 1. The Morgan fingerprint density at radius 2 is 1.59 bits per heavy atom. The highest BCUT2D eigenvalue weighted by Crippen LogP contribution is 2.50. The third-order valence-corrected chi connectivity index (χ3v) is 5.75. The molecular weight excluding hydrogens is 343 g/mol. The van der Waals surface area contributed by atoms with Crippen molar-refractivity contribution in [3.8, 4) is 0 Å². The molecule has 1 aliphatic heterocycles. The molecule has 0 radical (unpaired) electrons. The van der Waals surface area contributed by atoms with E-state index in [-0.39, 0.29) is 23.5 Å². The molecule has 0 spiro atoms. The Morgan fingerprint density at radius 3 is 2.19 bits per heavy atom. The summed E-state index contributed by atoms with van der Waals surface area (Å²) in [4.78, 5) is 27.4. The van der Waals surface area contributed by atoms with Gasteiger partial charge in [0.1, 0.15) is 5.82 Å². The molecule has 2 aromatic carbocycles. The van der Waals surface area contributed by atoms with Gasteiger partial charge in [-0.1, -0.05) is 30.3 Å². The zero-order valence-corrected chi connectivity index (χ0v) is 15.2. The van der Waals surface area contributed by atoms with Gasteiger partial charge in [0, 0.05) is 24.7 Å². The van der Waals surface area contributed by atoms with Crippen LogP contribution in [0.1, 0.15) is 31.2 Å². The highest BCUT2D eigenvalue weighted by Gasteiger charge is 2.53. The number of rotatable bonds is 4. The number of nitrogens with zero attached hydrogens (tertiary/aromatic N) is 1. The lowest BCUT2D eigenvalue weighted by Crippen LogP contribution is -2.45. The number of nitrogens with one attached hydrogen (secondary N) is 1. The number of hydrogen-bond acceptors (Lipinski definition) is 2. The van der Waals surface area contributed by atoms with Gasteiger partial charge in [-0.15, -0.1) is 0 Å². The van der Waals surface area contributed by atoms with Crippen LogP contribution in [0.5, 0.6) is 0 Å². The monoisotopic (exact) mass is 366 g/mol. The quantitative estimate of drug-likeness (QED) is 0.896. The molecular formula is C22H23FN2O2. The van der Waals surface area contributed by atoms with Crippen LogP contribution < -0.4 is 5.32 Å². The van der Waals surface area contributed by atoms with Crippen LogP contribution in [0.25, 0.3) is 0 Å². The number of benzene rings is 2. The predicted molar refractivity (Wildman–Crippen MR) is 102 cm³/mol. The van der Waals surface area contributed by atoms with Crippen molar-refractivity contribution in [3.05, 3.63) is 66.0 Å². The molecule has 5 heteroatoms. The van der Waals surface area contributed by atoms with Gasteiger partial charge >= 0.3 is 0 Å². The lowest BCUT2D eigenvalue weighted by molar-refractivity contribution is -0.137. The summed E-state index contributed by atoms with van der Waals surface area (Å²) in [5.41, 5.74) is 1.22. The molecule has 1 heterocycles. The molecule has 2 aliphatic rings. The van der Waals surface area contributed by atoms with Crippen LogP contribution in [0, 0.1) is 11.7 Å². The summed E-state index contributed by atoms with van der Waals surface area (Å²) in [5.74, 6) is -0.216. The molecule has 4 rings (SSSR count). The molecule has 1 N–H and O–H groups in total. The van der Waals surface area contributed by atoms with E-state index < -0.39 is 5.41 Å². The maximum Gasteiger partial charge on any atom is 0.233 e. The molecule has 2 fully saturated rings. The van der Waals surface area contributed by atoms with Gasteiger partial charge < -0.3 is 10.2 Å². The maximum atomic E-state index is 13.2. The smallest absolute Gasteiger partial charge is 0.233 e. The van der Waals surface area contributed by atoms with Crippen molar-refractivity contribution in [2.45, 2.75) is 31.1 Å². The van der Waals surface area contributed by atoms with Crippen molar-refractivity contribution in [2.24, 2.45) is 5.92 Å². The molecule has 4 nitrogen and oxygen atoms in total. The first kappa shape index (κ1) is 17.7. The van der Waals surface area contributed by atoms with E-state index in [0.29, 0.717) is 25.9 Å². The second kappa shape index (κ2) is 7.14. The summed E-state index contributed by atoms with van der Waals surface area (Å²) >= 11 is 0. The average Bonchev–Trinajstić information content (AvgIpc) is 3.51. The molecule has 140 valence electrons. The normalized spacial score (nSPS) is 18.8. The van der Waals surface area contributed by atoms with Crippen molar-refractivity contribution in [3.63, 3.8) is 0 Å². The van der Waals surface area contributed by atoms with Crippen LogP contribution >= 0.6 is 0 Å². The number of para-hydroxylation sites is 1. The minimum absolute atomic E-state index is 0.0213. The number of amides is 2. The van der Waals surface area contributed by atoms with Crippen molar-refractivity contribution in [1.82, 2.24) is 4.90 Å². The Labute approximate surface area is 158 Å². The first-order chi connectivity index (χ1) is 13.1. The van der Waals surface area contributed by atoms with Gasteiger partial charge in [-0.2, -0.15) is 0 Å². The molecule has 2 amide bonds. The lowest BCUT2D eigenvalue weighted by atomic mass is 9.91. The first-order valence-electron chi connectivity index (χ1n) is 9.50. The van der Waals surface area contributed by atoms with E-state index in [4.69, 9.17) is 0 Å². The zero-order valence-electron chi connectivity index (χ0n) is 15.2. The summed E-state index contributed by atoms with van der Waals surface area (Å²) in [6, 6.07) is 15.7. The van der Waals surface area contributed by atoms with Crippen LogP contribution in [0.3, 0.4) is 0 Å². The Bertz CT molecular complexity index is 823. The average molecular weight is 366 g/mol. The molecule has 1 saturated carbocycles. The largest absolute Gasteiger partial charge is 0.342 e. The maximum absolute atomic E-state index is 13.2. The Morgan fingerprint density at radius 1 is 0.963 bits per heavy atom. The second-order valence-electron chi connectivity index (χ2n) is 7.51. The van der Waals surface area contributed by atoms with E-state index in [9.17, 15) is 14.0 Å². The lowest BCUT2D eigenvalue weighted by Gasteiger charge is -2.34. The summed E-state index contributed by atoms with van der Waals surface area (Å²) in [7, 11) is 0. The van der Waals surface area contributed by atoms with E-state index in [1.807, 2.05) is 35.2 Å². The number of piperidine rings is 1. The Kier molecular flexibility index (Phi) is 4.68. The van der Waals surface area contributed by atoms with Crippen LogP contribution in [0.15, 0.2) is 54.6 Å². The van der Waals surface area contributed by atoms with Crippen molar-refractivity contribution in [2.75, 3.05) is 18.4 Å². The fourth-order valence-corrected chi connectivity index (χ4v) is 3.93. The summed E-state index contributed by atoms with van der Waals surface area (Å²) in [6.07, 6.45) is 2.96. The van der Waals surface area contributed by atoms with Gasteiger partial charge in [0.15, 0.2) is 0 Å². The van der Waals surface area contributed by atoms with Crippen LogP contribution in [0.4, 0.5) is 10.1 Å². The van der Waals surface area contributed by atoms with E-state index in [1.165, 1.54) is 12.1 Å². The number of carbonyl (C=O) groups is 2. The number of halogens is 1. The number of carbonyl (C=O) groups excluding carboxylic acids is 2. The van der Waals surface area contributed by atoms with Gasteiger partial charge in [-0.05, 0) is 55.5 Å². The third kappa shape index (κ3) is 3.59. The SMILES string of the molecule is O=C(Nc1ccccc1)C1CCN(C(=O)C2(c3ccc(F)cc3)CC2)CC1. The van der Waals surface area contributed by atoms with Crippen LogP contribution in [-0.2, 0) is 15.0 Å². The van der Waals surface area contributed by atoms with Crippen LogP contribution in [0.2, 0.25) is 0 Å². The molecule has 0 aromatic heterocycles. The Balaban J connectivity index is 1.36. The molecule has 0 atom stereocenters. The van der Waals surface area contributed by atoms with Gasteiger partial charge in [-0.3, -0.25) is 9.59 Å². The minimum atomic E-state index is -0.479. The van der Waals surface area contributed by atoms with Gasteiger partial charge in [0.25, 0.3) is 0 Å². The molecule has 2 aromatic rings. The molecule has 27 heavy (non-hydrogen) atoms. The topological polar surface area (TPSA) is 49.4 Å². The van der Waals surface area contributed by atoms with Crippen molar-refractivity contribution < 1.29 is 14.0 Å². The summed E-state index contributed by atoms with van der Waals surface area (Å²) < 4.78 is 13.2. The van der Waals surface area contributed by atoms with Crippen molar-refractivity contribution in [1.29, 1.82) is 0 Å². The van der Waals surface area contributed by atoms with Gasteiger partial charge in [-0.25, -0.2) is 4.39 Å². The summed E-state index contributed by atoms with van der Waals surface area (Å²) in [6.45, 7) is 1.18. The van der Waals surface area contributed by atoms with E-state index in [0.717, 1.165) is 24.1 Å². The standard InChI is InChI=1S/C22H23FN2O2/c23-18-8-6-17(7-9-18)22(12-13-22)21(27)25-14-10-16(11-15-25)20(26)24-19-4-2-1-3-5-19/h1-9,16H,10-15H2,(H,24,26). The fourth-order valence-electron chi connectivity index (χ4n) is 3.93. The van der Waals surface area contributed by atoms with Gasteiger partial charge in [0.2, 0.25) is 11.8 Å². The first-order valence-corrected chi connectivity index (χ1v) is 9.50. The van der Waals surface area contributed by atoms with E-state index >= 15 is 0 Å². The second-order valence-corrected chi connectivity index (χ2v) is 7.51. The molecule has 1 aliphatic carbocycles. The van der Waals surface area contributed by atoms with Crippen molar-refractivity contribution >= 4 is 17.5 Å². The molecule has 0 unspecified atom stereocenters. The predicted octanol–water partition coefficient (Wildman–Crippen LogP) is 3.73. The van der Waals surface area contributed by atoms with E-state index in [2.05, 4.69) is 5.32 Å². The highest BCUT2D eigenvalue weighted by atomic mass is 19.1. The molecule has 1 saturated heterocycles. The third-order valence-electron chi connectivity index (χ3n) is 5.75. The highest BCUT2D eigenvalue weighted by molar-refractivity contribution is 5.94.